The molecule has 2 saturated heterocycles. The number of nitrogens with zero attached hydrogens (tertiary/aromatic N) is 1. The Morgan fingerprint density at radius 2 is 1.93 bits per heavy atom. The molecule has 0 amide bonds. The van der Waals surface area contributed by atoms with E-state index in [2.05, 4.69) is 0 Å². The van der Waals surface area contributed by atoms with Gasteiger partial charge in [-0.05, 0) is 6.92 Å². The van der Waals surface area contributed by atoms with Gasteiger partial charge in [-0.25, -0.2) is 0 Å². The van der Waals surface area contributed by atoms with E-state index in [4.69, 9.17) is 19.5 Å². The second-order valence-corrected chi connectivity index (χ2v) is 3.95. The second-order valence-electron chi connectivity index (χ2n) is 3.95. The van der Waals surface area contributed by atoms with E-state index in [1.165, 1.54) is 6.92 Å². The number of aliphatic hydroxyl groups excluding tert-OH is 2. The minimum absolute atomic E-state index is 0.550. The first-order chi connectivity index (χ1) is 6.97. The molecule has 0 saturated carbocycles. The van der Waals surface area contributed by atoms with Crippen molar-refractivity contribution in [3.8, 4) is 6.07 Å². The Balaban J connectivity index is 2.18. The van der Waals surface area contributed by atoms with E-state index < -0.39 is 36.5 Å². The Bertz CT molecular complexity index is 303. The number of fused-ring (bicyclic) bond motifs is 1. The third-order valence-corrected chi connectivity index (χ3v) is 2.69. The standard InChI is InChI=1S/C9H13NO5/c1-4-5(11)6(12)7-8(13-4)15-9(2,3-10)14-7/h4-8,11-12H,1-2H3/t4-,5+,6+,7-,8-,9?/m0/s1. The molecule has 84 valence electrons. The smallest absolute Gasteiger partial charge is 0.259 e. The Morgan fingerprint density at radius 3 is 2.53 bits per heavy atom. The summed E-state index contributed by atoms with van der Waals surface area (Å²) in [6, 6.07) is 1.83. The molecule has 2 fully saturated rings. The lowest BCUT2D eigenvalue weighted by atomic mass is 10.0. The molecule has 2 heterocycles. The summed E-state index contributed by atoms with van der Waals surface area (Å²) in [6.07, 6.45) is -4.31. The van der Waals surface area contributed by atoms with Crippen molar-refractivity contribution in [2.24, 2.45) is 0 Å². The fourth-order valence-electron chi connectivity index (χ4n) is 1.78. The number of ether oxygens (including phenoxy) is 3. The summed E-state index contributed by atoms with van der Waals surface area (Å²) in [6.45, 7) is 3.06. The van der Waals surface area contributed by atoms with Gasteiger partial charge in [-0.2, -0.15) is 5.26 Å². The van der Waals surface area contributed by atoms with E-state index in [1.807, 2.05) is 6.07 Å². The van der Waals surface area contributed by atoms with E-state index >= 15 is 0 Å². The van der Waals surface area contributed by atoms with Crippen LogP contribution in [0.3, 0.4) is 0 Å². The van der Waals surface area contributed by atoms with E-state index in [9.17, 15) is 10.2 Å². The fourth-order valence-corrected chi connectivity index (χ4v) is 1.78. The third-order valence-electron chi connectivity index (χ3n) is 2.69. The van der Waals surface area contributed by atoms with Crippen LogP contribution in [0.4, 0.5) is 0 Å². The Hall–Kier alpha value is -0.710. The normalized spacial score (nSPS) is 54.7. The van der Waals surface area contributed by atoms with Gasteiger partial charge in [0.05, 0.1) is 6.10 Å². The molecule has 6 atom stereocenters. The van der Waals surface area contributed by atoms with Gasteiger partial charge in [0, 0.05) is 6.92 Å². The van der Waals surface area contributed by atoms with Crippen molar-refractivity contribution in [2.45, 2.75) is 50.3 Å². The van der Waals surface area contributed by atoms with Crippen LogP contribution in [-0.4, -0.2) is 46.7 Å². The number of hydrogen-bond acceptors (Lipinski definition) is 6. The van der Waals surface area contributed by atoms with Crippen molar-refractivity contribution in [3.05, 3.63) is 0 Å². The van der Waals surface area contributed by atoms with Gasteiger partial charge in [0.25, 0.3) is 5.79 Å². The highest BCUT2D eigenvalue weighted by molar-refractivity contribution is 5.00. The first-order valence-electron chi connectivity index (χ1n) is 4.75. The maximum atomic E-state index is 9.70. The van der Waals surface area contributed by atoms with Crippen LogP contribution in [0.1, 0.15) is 13.8 Å². The highest BCUT2D eigenvalue weighted by Gasteiger charge is 2.54. The van der Waals surface area contributed by atoms with E-state index in [0.29, 0.717) is 0 Å². The quantitative estimate of drug-likeness (QED) is 0.544. The van der Waals surface area contributed by atoms with Crippen LogP contribution >= 0.6 is 0 Å². The van der Waals surface area contributed by atoms with Gasteiger partial charge in [0.2, 0.25) is 0 Å². The zero-order valence-electron chi connectivity index (χ0n) is 8.45. The summed E-state index contributed by atoms with van der Waals surface area (Å²) >= 11 is 0. The molecule has 15 heavy (non-hydrogen) atoms. The number of nitriles is 1. The van der Waals surface area contributed by atoms with Crippen molar-refractivity contribution in [2.75, 3.05) is 0 Å². The van der Waals surface area contributed by atoms with Crippen LogP contribution < -0.4 is 0 Å². The largest absolute Gasteiger partial charge is 0.388 e. The highest BCUT2D eigenvalue weighted by Crippen LogP contribution is 2.35. The van der Waals surface area contributed by atoms with Gasteiger partial charge in [-0.3, -0.25) is 0 Å². The first kappa shape index (κ1) is 10.8. The molecule has 2 aliphatic heterocycles. The van der Waals surface area contributed by atoms with Gasteiger partial charge < -0.3 is 24.4 Å². The molecule has 0 radical (unpaired) electrons. The van der Waals surface area contributed by atoms with Crippen molar-refractivity contribution in [1.29, 1.82) is 5.26 Å². The summed E-state index contributed by atoms with van der Waals surface area (Å²) in [5.74, 6) is -1.42. The summed E-state index contributed by atoms with van der Waals surface area (Å²) in [5.41, 5.74) is 0. The monoisotopic (exact) mass is 215 g/mol. The average Bonchev–Trinajstić information content (AvgIpc) is 2.53. The van der Waals surface area contributed by atoms with Gasteiger partial charge >= 0.3 is 0 Å². The predicted molar refractivity (Wildman–Crippen MR) is 46.3 cm³/mol. The van der Waals surface area contributed by atoms with E-state index in [-0.39, 0.29) is 0 Å². The SMILES string of the molecule is C[C@@H]1O[C@H]2OC(C)(C#N)O[C@H]2[C@H](O)[C@@H]1O. The maximum Gasteiger partial charge on any atom is 0.259 e. The molecule has 0 aromatic carbocycles. The molecule has 0 aliphatic carbocycles. The molecule has 2 rings (SSSR count). The minimum atomic E-state index is -1.42. The molecule has 0 aromatic rings. The Morgan fingerprint density at radius 1 is 1.27 bits per heavy atom. The van der Waals surface area contributed by atoms with Crippen LogP contribution in [-0.2, 0) is 14.2 Å². The molecular formula is C9H13NO5. The van der Waals surface area contributed by atoms with Crippen LogP contribution in [0.25, 0.3) is 0 Å². The average molecular weight is 215 g/mol. The van der Waals surface area contributed by atoms with E-state index in [1.54, 1.807) is 6.92 Å². The van der Waals surface area contributed by atoms with Crippen LogP contribution in [0, 0.1) is 11.3 Å². The van der Waals surface area contributed by atoms with Gasteiger partial charge in [0.1, 0.15) is 24.4 Å². The Labute approximate surface area is 87.0 Å². The Kier molecular flexibility index (Phi) is 2.45. The number of hydrogen-bond donors (Lipinski definition) is 2. The van der Waals surface area contributed by atoms with Crippen molar-refractivity contribution >= 4 is 0 Å². The first-order valence-corrected chi connectivity index (χ1v) is 4.75. The zero-order valence-corrected chi connectivity index (χ0v) is 8.45. The van der Waals surface area contributed by atoms with Gasteiger partial charge in [-0.1, -0.05) is 0 Å². The summed E-state index contributed by atoms with van der Waals surface area (Å²) in [7, 11) is 0. The van der Waals surface area contributed by atoms with Crippen LogP contribution in [0.2, 0.25) is 0 Å². The van der Waals surface area contributed by atoms with Gasteiger partial charge in [-0.15, -0.1) is 0 Å². The number of aliphatic hydroxyl groups is 2. The summed E-state index contributed by atoms with van der Waals surface area (Å²) in [4.78, 5) is 0. The third kappa shape index (κ3) is 1.62. The topological polar surface area (TPSA) is 91.9 Å². The van der Waals surface area contributed by atoms with E-state index in [0.717, 1.165) is 0 Å². The molecule has 0 bridgehead atoms. The van der Waals surface area contributed by atoms with Gasteiger partial charge in [0.15, 0.2) is 6.29 Å². The van der Waals surface area contributed by atoms with Crippen molar-refractivity contribution in [1.82, 2.24) is 0 Å². The molecule has 0 spiro atoms. The molecule has 0 aromatic heterocycles. The molecule has 1 unspecified atom stereocenters. The highest BCUT2D eigenvalue weighted by atomic mass is 16.8. The molecule has 6 heteroatoms. The predicted octanol–water partition coefficient (Wildman–Crippen LogP) is -0.892. The molecular weight excluding hydrogens is 202 g/mol. The van der Waals surface area contributed by atoms with Crippen molar-refractivity contribution in [3.63, 3.8) is 0 Å². The minimum Gasteiger partial charge on any atom is -0.388 e. The summed E-state index contributed by atoms with van der Waals surface area (Å²) in [5, 5.41) is 28.0. The van der Waals surface area contributed by atoms with Crippen LogP contribution in [0.15, 0.2) is 0 Å². The van der Waals surface area contributed by atoms with Crippen LogP contribution in [0.5, 0.6) is 0 Å². The molecule has 2 N–H and O–H groups in total. The zero-order chi connectivity index (χ0) is 11.2. The summed E-state index contributed by atoms with van der Waals surface area (Å²) < 4.78 is 15.7. The lowest BCUT2D eigenvalue weighted by Crippen LogP contribution is -2.55. The maximum absolute atomic E-state index is 9.70. The lowest BCUT2D eigenvalue weighted by Gasteiger charge is -2.35. The van der Waals surface area contributed by atoms with Crippen molar-refractivity contribution < 1.29 is 24.4 Å². The number of rotatable bonds is 0. The molecule has 2 aliphatic rings. The molecule has 6 nitrogen and oxygen atoms in total. The fraction of sp³-hybridized carbons (Fsp3) is 0.889. The second kappa shape index (κ2) is 3.40. The lowest BCUT2D eigenvalue weighted by molar-refractivity contribution is -0.243.